The van der Waals surface area contributed by atoms with Crippen molar-refractivity contribution in [2.45, 2.75) is 38.0 Å². The summed E-state index contributed by atoms with van der Waals surface area (Å²) in [6, 6.07) is 1.97. The van der Waals surface area contributed by atoms with Crippen molar-refractivity contribution in [3.05, 3.63) is 24.2 Å². The number of rotatable bonds is 8. The van der Waals surface area contributed by atoms with Crippen LogP contribution >= 0.6 is 12.6 Å². The number of imidazole rings is 1. The molecule has 0 spiro atoms. The Bertz CT molecular complexity index is 761. The third kappa shape index (κ3) is 4.50. The molecular formula is C17H24FN5OS. The van der Waals surface area contributed by atoms with E-state index in [0.29, 0.717) is 11.3 Å². The molecule has 0 radical (unpaired) electrons. The highest BCUT2D eigenvalue weighted by Gasteiger charge is 2.18. The summed E-state index contributed by atoms with van der Waals surface area (Å²) in [6.45, 7) is 5.05. The van der Waals surface area contributed by atoms with E-state index in [9.17, 15) is 4.39 Å². The molecular weight excluding hydrogens is 341 g/mol. The number of anilines is 1. The zero-order valence-corrected chi connectivity index (χ0v) is 15.4. The van der Waals surface area contributed by atoms with Gasteiger partial charge in [0.2, 0.25) is 11.8 Å². The summed E-state index contributed by atoms with van der Waals surface area (Å²) in [5.74, 6) is -0.909. The Morgan fingerprint density at radius 3 is 2.72 bits per heavy atom. The van der Waals surface area contributed by atoms with Gasteiger partial charge in [0.25, 0.3) is 0 Å². The van der Waals surface area contributed by atoms with Gasteiger partial charge < -0.3 is 9.64 Å². The van der Waals surface area contributed by atoms with Gasteiger partial charge in [-0.05, 0) is 18.9 Å². The van der Waals surface area contributed by atoms with Crippen LogP contribution in [-0.4, -0.2) is 40.9 Å². The number of pyridine rings is 1. The van der Waals surface area contributed by atoms with Crippen LogP contribution in [0.3, 0.4) is 0 Å². The first kappa shape index (κ1) is 19.2. The number of hydrogen-bond donors (Lipinski definition) is 3. The molecule has 8 heteroatoms. The lowest BCUT2D eigenvalue weighted by atomic mass is 10.2. The molecule has 136 valence electrons. The lowest BCUT2D eigenvalue weighted by molar-refractivity contribution is 0.462. The highest BCUT2D eigenvalue weighted by atomic mass is 32.1. The van der Waals surface area contributed by atoms with Gasteiger partial charge in [-0.1, -0.05) is 20.3 Å². The molecule has 2 N–H and O–H groups in total. The smallest absolute Gasteiger partial charge is 0.239 e. The second-order valence-electron chi connectivity index (χ2n) is 5.75. The number of nitrogens with zero attached hydrogens (tertiary/aromatic N) is 3. The van der Waals surface area contributed by atoms with Crippen molar-refractivity contribution in [3.63, 3.8) is 0 Å². The van der Waals surface area contributed by atoms with E-state index in [0.717, 1.165) is 42.9 Å². The van der Waals surface area contributed by atoms with Crippen LogP contribution in [0.5, 0.6) is 0 Å². The van der Waals surface area contributed by atoms with Gasteiger partial charge in [-0.3, -0.25) is 15.2 Å². The van der Waals surface area contributed by atoms with Crippen LogP contribution in [-0.2, 0) is 4.74 Å². The third-order valence-corrected chi connectivity index (χ3v) is 4.01. The average Bonchev–Trinajstić information content (AvgIpc) is 3.01. The van der Waals surface area contributed by atoms with Crippen molar-refractivity contribution < 1.29 is 9.13 Å². The molecule has 2 heterocycles. The summed E-state index contributed by atoms with van der Waals surface area (Å²) in [6.07, 6.45) is 6.42. The van der Waals surface area contributed by atoms with Crippen LogP contribution in [0, 0.1) is 10.8 Å². The number of ether oxygens (including phenoxy) is 1. The van der Waals surface area contributed by atoms with Crippen LogP contribution < -0.4 is 4.90 Å². The van der Waals surface area contributed by atoms with Gasteiger partial charge in [-0.2, -0.15) is 0 Å². The minimum atomic E-state index is -1.05. The zero-order chi connectivity index (χ0) is 18.4. The summed E-state index contributed by atoms with van der Waals surface area (Å²) in [5, 5.41) is 15.2. The van der Waals surface area contributed by atoms with Gasteiger partial charge in [0.1, 0.15) is 5.69 Å². The van der Waals surface area contributed by atoms with Crippen molar-refractivity contribution in [1.82, 2.24) is 9.38 Å². The van der Waals surface area contributed by atoms with Crippen molar-refractivity contribution in [2.75, 3.05) is 24.7 Å². The molecule has 2 aromatic rings. The maximum absolute atomic E-state index is 12.5. The predicted octanol–water partition coefficient (Wildman–Crippen LogP) is 3.93. The SMILES string of the molecule is CCCCN(CCC)c1cc(S)cn2c(C(=N)OC(=N)CF)cnc12. The molecule has 0 aliphatic rings. The molecule has 0 aliphatic carbocycles. The largest absolute Gasteiger partial charge is 0.421 e. The molecule has 0 aromatic carbocycles. The van der Waals surface area contributed by atoms with Gasteiger partial charge in [0.05, 0.1) is 11.9 Å². The second-order valence-corrected chi connectivity index (χ2v) is 6.27. The van der Waals surface area contributed by atoms with Crippen LogP contribution in [0.4, 0.5) is 10.1 Å². The van der Waals surface area contributed by atoms with Crippen LogP contribution in [0.25, 0.3) is 5.65 Å². The highest BCUT2D eigenvalue weighted by molar-refractivity contribution is 7.80. The van der Waals surface area contributed by atoms with E-state index < -0.39 is 12.6 Å². The lowest BCUT2D eigenvalue weighted by Gasteiger charge is -2.25. The molecule has 6 nitrogen and oxygen atoms in total. The summed E-state index contributed by atoms with van der Waals surface area (Å²) >= 11 is 4.47. The van der Waals surface area contributed by atoms with Crippen molar-refractivity contribution >= 4 is 35.8 Å². The normalized spacial score (nSPS) is 10.9. The second kappa shape index (κ2) is 8.84. The lowest BCUT2D eigenvalue weighted by Crippen LogP contribution is -2.26. The quantitative estimate of drug-likeness (QED) is 0.377. The molecule has 0 unspecified atom stereocenters. The van der Waals surface area contributed by atoms with Gasteiger partial charge in [-0.25, -0.2) is 9.37 Å². The number of fused-ring (bicyclic) bond motifs is 1. The molecule has 0 saturated carbocycles. The fraction of sp³-hybridized carbons (Fsp3) is 0.471. The number of halogens is 1. The molecule has 2 rings (SSSR count). The Kier molecular flexibility index (Phi) is 6.81. The fourth-order valence-electron chi connectivity index (χ4n) is 2.63. The van der Waals surface area contributed by atoms with Crippen LogP contribution in [0.2, 0.25) is 0 Å². The topological polar surface area (TPSA) is 77.5 Å². The molecule has 0 aliphatic heterocycles. The van der Waals surface area contributed by atoms with E-state index in [2.05, 4.69) is 36.4 Å². The Morgan fingerprint density at radius 1 is 1.32 bits per heavy atom. The minimum absolute atomic E-state index is 0.310. The zero-order valence-electron chi connectivity index (χ0n) is 14.5. The van der Waals surface area contributed by atoms with Crippen molar-refractivity contribution in [1.29, 1.82) is 10.8 Å². The van der Waals surface area contributed by atoms with Gasteiger partial charge >= 0.3 is 0 Å². The molecule has 0 saturated heterocycles. The monoisotopic (exact) mass is 365 g/mol. The summed E-state index contributed by atoms with van der Waals surface area (Å²) in [4.78, 5) is 7.42. The van der Waals surface area contributed by atoms with E-state index >= 15 is 0 Å². The van der Waals surface area contributed by atoms with Gasteiger partial charge in [-0.15, -0.1) is 12.6 Å². The first-order valence-corrected chi connectivity index (χ1v) is 8.81. The number of nitrogens with one attached hydrogen (secondary N) is 2. The van der Waals surface area contributed by atoms with Crippen LogP contribution in [0.15, 0.2) is 23.4 Å². The Balaban J connectivity index is 2.45. The molecule has 0 amide bonds. The minimum Gasteiger partial charge on any atom is -0.421 e. The Labute approximate surface area is 152 Å². The van der Waals surface area contributed by atoms with Gasteiger partial charge in [0, 0.05) is 24.2 Å². The number of thiol groups is 1. The number of aromatic nitrogens is 2. The van der Waals surface area contributed by atoms with Crippen molar-refractivity contribution in [3.8, 4) is 0 Å². The first-order valence-electron chi connectivity index (χ1n) is 8.36. The maximum Gasteiger partial charge on any atom is 0.239 e. The fourth-order valence-corrected chi connectivity index (χ4v) is 2.87. The third-order valence-electron chi connectivity index (χ3n) is 3.77. The number of alkyl halides is 1. The highest BCUT2D eigenvalue weighted by Crippen LogP contribution is 2.26. The predicted molar refractivity (Wildman–Crippen MR) is 101 cm³/mol. The number of unbranched alkanes of at least 4 members (excludes halogenated alkanes) is 1. The molecule has 0 atom stereocenters. The Morgan fingerprint density at radius 2 is 2.08 bits per heavy atom. The van der Waals surface area contributed by atoms with Crippen molar-refractivity contribution in [2.24, 2.45) is 0 Å². The molecule has 0 bridgehead atoms. The van der Waals surface area contributed by atoms with E-state index in [-0.39, 0.29) is 5.90 Å². The van der Waals surface area contributed by atoms with E-state index in [1.54, 1.807) is 10.6 Å². The van der Waals surface area contributed by atoms with Gasteiger partial charge in [0.15, 0.2) is 12.3 Å². The number of hydrogen-bond acceptors (Lipinski definition) is 6. The van der Waals surface area contributed by atoms with E-state index in [1.807, 2.05) is 6.07 Å². The molecule has 25 heavy (non-hydrogen) atoms. The maximum atomic E-state index is 12.5. The van der Waals surface area contributed by atoms with E-state index in [1.165, 1.54) is 6.20 Å². The summed E-state index contributed by atoms with van der Waals surface area (Å²) < 4.78 is 19.1. The molecule has 2 aromatic heterocycles. The average molecular weight is 365 g/mol. The van der Waals surface area contributed by atoms with E-state index in [4.69, 9.17) is 15.6 Å². The Hall–Kier alpha value is -2.09. The standard InChI is InChI=1S/C17H24FN5OS/c1-3-5-7-22(6-4-2)13-8-12(25)11-23-14(10-21-17(13)23)16(20)24-15(19)9-18/h8,10-11,19-20,25H,3-7,9H2,1-2H3. The summed E-state index contributed by atoms with van der Waals surface area (Å²) in [7, 11) is 0. The summed E-state index contributed by atoms with van der Waals surface area (Å²) in [5.41, 5.74) is 2.00. The van der Waals surface area contributed by atoms with Crippen LogP contribution in [0.1, 0.15) is 38.8 Å². The first-order chi connectivity index (χ1) is 12.0. The molecule has 0 fully saturated rings.